The maximum atomic E-state index is 6.29. The topological polar surface area (TPSA) is 95.3 Å². The van der Waals surface area contributed by atoms with E-state index in [1.54, 1.807) is 7.11 Å². The van der Waals surface area contributed by atoms with Gasteiger partial charge >= 0.3 is 0 Å². The van der Waals surface area contributed by atoms with Crippen LogP contribution < -0.4 is 15.2 Å². The second-order valence-corrected chi connectivity index (χ2v) is 5.40. The summed E-state index contributed by atoms with van der Waals surface area (Å²) in [4.78, 5) is 4.49. The number of benzene rings is 1. The van der Waals surface area contributed by atoms with Gasteiger partial charge in [0.1, 0.15) is 6.10 Å². The summed E-state index contributed by atoms with van der Waals surface area (Å²) in [6.07, 6.45) is 2.00. The lowest BCUT2D eigenvalue weighted by molar-refractivity contribution is 0.105. The van der Waals surface area contributed by atoms with Crippen molar-refractivity contribution in [2.75, 3.05) is 20.3 Å². The van der Waals surface area contributed by atoms with Gasteiger partial charge in [0.25, 0.3) is 0 Å². The minimum absolute atomic E-state index is 0.00156. The van der Waals surface area contributed by atoms with Crippen LogP contribution in [0.1, 0.15) is 49.1 Å². The van der Waals surface area contributed by atoms with E-state index in [4.69, 9.17) is 19.9 Å². The van der Waals surface area contributed by atoms with Crippen molar-refractivity contribution in [1.82, 2.24) is 15.2 Å². The van der Waals surface area contributed by atoms with Gasteiger partial charge in [0.2, 0.25) is 0 Å². The van der Waals surface area contributed by atoms with Gasteiger partial charge in [-0.25, -0.2) is 4.98 Å². The highest BCUT2D eigenvalue weighted by Crippen LogP contribution is 2.31. The number of nitrogens with two attached hydrogens (primary N) is 1. The summed E-state index contributed by atoms with van der Waals surface area (Å²) in [6, 6.07) is 5.18. The van der Waals surface area contributed by atoms with E-state index in [9.17, 15) is 0 Å². The lowest BCUT2D eigenvalue weighted by Crippen LogP contribution is -2.14. The van der Waals surface area contributed by atoms with Gasteiger partial charge in [-0.05, 0) is 37.5 Å². The Morgan fingerprint density at radius 2 is 2.30 bits per heavy atom. The molecule has 0 aliphatic carbocycles. The molecule has 1 aliphatic rings. The summed E-state index contributed by atoms with van der Waals surface area (Å²) in [7, 11) is 1.61. The highest BCUT2D eigenvalue weighted by molar-refractivity contribution is 5.44. The van der Waals surface area contributed by atoms with Gasteiger partial charge in [-0.3, -0.25) is 5.10 Å². The summed E-state index contributed by atoms with van der Waals surface area (Å²) >= 11 is 0. The van der Waals surface area contributed by atoms with E-state index in [0.717, 1.165) is 30.8 Å². The van der Waals surface area contributed by atoms with Crippen LogP contribution in [0.5, 0.6) is 11.5 Å². The molecule has 3 N–H and O–H groups in total. The molecule has 23 heavy (non-hydrogen) atoms. The summed E-state index contributed by atoms with van der Waals surface area (Å²) in [5.41, 5.74) is 7.16. The van der Waals surface area contributed by atoms with Gasteiger partial charge in [0.05, 0.1) is 19.8 Å². The number of hydrogen-bond donors (Lipinski definition) is 2. The molecular formula is C16H22N4O3. The van der Waals surface area contributed by atoms with Crippen molar-refractivity contribution >= 4 is 0 Å². The van der Waals surface area contributed by atoms with E-state index in [0.29, 0.717) is 23.9 Å². The van der Waals surface area contributed by atoms with Gasteiger partial charge < -0.3 is 19.9 Å². The number of aromatic nitrogens is 3. The number of aromatic amines is 1. The van der Waals surface area contributed by atoms with Crippen LogP contribution in [0, 0.1) is 0 Å². The van der Waals surface area contributed by atoms with Crippen LogP contribution in [0.2, 0.25) is 0 Å². The fourth-order valence-corrected chi connectivity index (χ4v) is 2.67. The molecule has 0 bridgehead atoms. The third-order valence-electron chi connectivity index (χ3n) is 3.88. The highest BCUT2D eigenvalue weighted by atomic mass is 16.5. The molecule has 3 rings (SSSR count). The largest absolute Gasteiger partial charge is 0.493 e. The third-order valence-corrected chi connectivity index (χ3v) is 3.88. The summed E-state index contributed by atoms with van der Waals surface area (Å²) < 4.78 is 16.5. The zero-order chi connectivity index (χ0) is 16.2. The van der Waals surface area contributed by atoms with Gasteiger partial charge in [-0.15, -0.1) is 0 Å². The number of rotatable bonds is 6. The second-order valence-electron chi connectivity index (χ2n) is 5.40. The average Bonchev–Trinajstić information content (AvgIpc) is 3.26. The molecule has 1 aromatic carbocycles. The van der Waals surface area contributed by atoms with E-state index in [2.05, 4.69) is 15.2 Å². The first-order valence-corrected chi connectivity index (χ1v) is 7.83. The van der Waals surface area contributed by atoms with Crippen LogP contribution in [0.3, 0.4) is 0 Å². The molecule has 7 nitrogen and oxygen atoms in total. The fraction of sp³-hybridized carbons (Fsp3) is 0.500. The highest BCUT2D eigenvalue weighted by Gasteiger charge is 2.23. The van der Waals surface area contributed by atoms with Gasteiger partial charge in [0.15, 0.2) is 23.1 Å². The molecule has 1 fully saturated rings. The number of ether oxygens (including phenoxy) is 3. The fourth-order valence-electron chi connectivity index (χ4n) is 2.67. The zero-order valence-corrected chi connectivity index (χ0v) is 13.4. The van der Waals surface area contributed by atoms with Crippen molar-refractivity contribution < 1.29 is 14.2 Å². The number of hydrogen-bond acceptors (Lipinski definition) is 6. The summed E-state index contributed by atoms with van der Waals surface area (Å²) in [5, 5.41) is 7.17. The first kappa shape index (κ1) is 15.8. The Balaban J connectivity index is 1.80. The minimum atomic E-state index is -0.439. The summed E-state index contributed by atoms with van der Waals surface area (Å²) in [5.74, 6) is 2.63. The average molecular weight is 318 g/mol. The van der Waals surface area contributed by atoms with E-state index in [1.807, 2.05) is 25.1 Å². The number of methoxy groups -OCH3 is 1. The van der Waals surface area contributed by atoms with E-state index in [-0.39, 0.29) is 6.10 Å². The molecule has 0 saturated carbocycles. The van der Waals surface area contributed by atoms with Crippen molar-refractivity contribution in [3.8, 4) is 11.5 Å². The molecule has 2 atom stereocenters. The normalized spacial score (nSPS) is 18.8. The van der Waals surface area contributed by atoms with E-state index in [1.165, 1.54) is 0 Å². The first-order chi connectivity index (χ1) is 11.2. The molecule has 2 unspecified atom stereocenters. The quantitative estimate of drug-likeness (QED) is 0.847. The van der Waals surface area contributed by atoms with E-state index >= 15 is 0 Å². The van der Waals surface area contributed by atoms with Crippen molar-refractivity contribution in [1.29, 1.82) is 0 Å². The maximum Gasteiger partial charge on any atom is 0.171 e. The number of nitrogens with zero attached hydrogens (tertiary/aromatic N) is 2. The van der Waals surface area contributed by atoms with Crippen LogP contribution in [-0.4, -0.2) is 35.5 Å². The number of H-pyrrole nitrogens is 1. The van der Waals surface area contributed by atoms with Crippen LogP contribution in [0.25, 0.3) is 0 Å². The molecule has 2 aromatic rings. The Labute approximate surface area is 135 Å². The van der Waals surface area contributed by atoms with Gasteiger partial charge in [-0.2, -0.15) is 5.10 Å². The van der Waals surface area contributed by atoms with Gasteiger partial charge in [-0.1, -0.05) is 6.07 Å². The van der Waals surface area contributed by atoms with Crippen molar-refractivity contribution in [3.05, 3.63) is 35.4 Å². The van der Waals surface area contributed by atoms with Crippen LogP contribution >= 0.6 is 0 Å². The van der Waals surface area contributed by atoms with Crippen molar-refractivity contribution in [2.45, 2.75) is 31.9 Å². The van der Waals surface area contributed by atoms with E-state index < -0.39 is 6.04 Å². The zero-order valence-electron chi connectivity index (χ0n) is 13.4. The molecule has 0 amide bonds. The second kappa shape index (κ2) is 6.97. The summed E-state index contributed by atoms with van der Waals surface area (Å²) in [6.45, 7) is 3.27. The molecule has 2 heterocycles. The Morgan fingerprint density at radius 1 is 1.43 bits per heavy atom. The predicted octanol–water partition coefficient (Wildman–Crippen LogP) is 2.11. The standard InChI is InChI=1S/C16H22N4O3/c1-3-22-11-7-6-10(9-13(11)21-2)14(17)16-18-15(19-20-16)12-5-4-8-23-12/h6-7,9,12,14H,3-5,8,17H2,1-2H3,(H,18,19,20). The van der Waals surface area contributed by atoms with Gasteiger partial charge in [0, 0.05) is 6.61 Å². The third kappa shape index (κ3) is 3.30. The minimum Gasteiger partial charge on any atom is -0.493 e. The SMILES string of the molecule is CCOc1ccc(C(N)c2n[nH]c(C3CCCO3)n2)cc1OC. The Morgan fingerprint density at radius 3 is 3.00 bits per heavy atom. The lowest BCUT2D eigenvalue weighted by atomic mass is 10.1. The Bertz CT molecular complexity index is 653. The predicted molar refractivity (Wildman–Crippen MR) is 84.5 cm³/mol. The van der Waals surface area contributed by atoms with Crippen LogP contribution in [0.4, 0.5) is 0 Å². The molecule has 1 aromatic heterocycles. The monoisotopic (exact) mass is 318 g/mol. The molecule has 7 heteroatoms. The van der Waals surface area contributed by atoms with Crippen LogP contribution in [-0.2, 0) is 4.74 Å². The molecule has 124 valence electrons. The lowest BCUT2D eigenvalue weighted by Gasteiger charge is -2.13. The Hall–Kier alpha value is -2.12. The molecule has 1 aliphatic heterocycles. The van der Waals surface area contributed by atoms with Crippen molar-refractivity contribution in [2.24, 2.45) is 5.73 Å². The molecular weight excluding hydrogens is 296 g/mol. The maximum absolute atomic E-state index is 6.29. The molecule has 0 spiro atoms. The smallest absolute Gasteiger partial charge is 0.171 e. The first-order valence-electron chi connectivity index (χ1n) is 7.83. The molecule has 1 saturated heterocycles. The molecule has 0 radical (unpaired) electrons. The van der Waals surface area contributed by atoms with Crippen LogP contribution in [0.15, 0.2) is 18.2 Å². The van der Waals surface area contributed by atoms with Crippen molar-refractivity contribution in [3.63, 3.8) is 0 Å². The Kier molecular flexibility index (Phi) is 4.78. The number of nitrogens with one attached hydrogen (secondary N) is 1.